The number of para-hydroxylation sites is 1. The predicted molar refractivity (Wildman–Crippen MR) is 108 cm³/mol. The van der Waals surface area contributed by atoms with Crippen molar-refractivity contribution < 1.29 is 19.4 Å². The van der Waals surface area contributed by atoms with Gasteiger partial charge in [0.15, 0.2) is 6.61 Å². The highest BCUT2D eigenvalue weighted by atomic mass is 16.5. The van der Waals surface area contributed by atoms with Crippen LogP contribution in [0.25, 0.3) is 10.9 Å². The first-order chi connectivity index (χ1) is 13.4. The van der Waals surface area contributed by atoms with E-state index in [1.807, 2.05) is 48.5 Å². The number of aromatic nitrogens is 1. The number of aliphatic carboxylic acids is 1. The first-order valence-corrected chi connectivity index (χ1v) is 9.24. The van der Waals surface area contributed by atoms with Crippen molar-refractivity contribution in [2.75, 3.05) is 6.61 Å². The molecule has 2 aromatic carbocycles. The van der Waals surface area contributed by atoms with E-state index in [0.717, 1.165) is 16.5 Å². The molecular weight excluding hydrogens is 356 g/mol. The van der Waals surface area contributed by atoms with E-state index in [2.05, 4.69) is 24.1 Å². The van der Waals surface area contributed by atoms with Gasteiger partial charge in [-0.05, 0) is 35.2 Å². The summed E-state index contributed by atoms with van der Waals surface area (Å²) in [4.78, 5) is 26.9. The highest BCUT2D eigenvalue weighted by Gasteiger charge is 2.22. The van der Waals surface area contributed by atoms with Crippen molar-refractivity contribution in [3.8, 4) is 5.75 Å². The number of carbonyl (C=O) groups is 2. The van der Waals surface area contributed by atoms with E-state index < -0.39 is 17.9 Å². The SMILES string of the molecule is CC(C)c1ccc(OCC(=O)N[C@H](Cc2c[nH]c3ccccc23)C(=O)O)cc1. The predicted octanol–water partition coefficient (Wildman–Crippen LogP) is 3.48. The number of amides is 1. The van der Waals surface area contributed by atoms with Crippen LogP contribution in [0.5, 0.6) is 5.75 Å². The Bertz CT molecular complexity index is 960. The molecule has 6 heteroatoms. The normalized spacial score (nSPS) is 12.1. The minimum Gasteiger partial charge on any atom is -0.484 e. The fourth-order valence-corrected chi connectivity index (χ4v) is 3.05. The number of carboxylic acids is 1. The van der Waals surface area contributed by atoms with Crippen molar-refractivity contribution in [1.29, 1.82) is 0 Å². The van der Waals surface area contributed by atoms with Gasteiger partial charge in [-0.25, -0.2) is 4.79 Å². The van der Waals surface area contributed by atoms with E-state index in [9.17, 15) is 14.7 Å². The summed E-state index contributed by atoms with van der Waals surface area (Å²) in [6, 6.07) is 14.1. The Kier molecular flexibility index (Phi) is 5.99. The van der Waals surface area contributed by atoms with Gasteiger partial charge < -0.3 is 20.1 Å². The van der Waals surface area contributed by atoms with E-state index >= 15 is 0 Å². The largest absolute Gasteiger partial charge is 0.484 e. The van der Waals surface area contributed by atoms with Gasteiger partial charge in [-0.2, -0.15) is 0 Å². The van der Waals surface area contributed by atoms with Crippen LogP contribution in [0, 0.1) is 0 Å². The molecule has 1 amide bonds. The number of ether oxygens (including phenoxy) is 1. The Morgan fingerprint density at radius 2 is 1.82 bits per heavy atom. The van der Waals surface area contributed by atoms with Gasteiger partial charge in [0.05, 0.1) is 0 Å². The molecular formula is C22H24N2O4. The molecule has 28 heavy (non-hydrogen) atoms. The summed E-state index contributed by atoms with van der Waals surface area (Å²) in [5, 5.41) is 13.0. The molecule has 0 saturated heterocycles. The number of fused-ring (bicyclic) bond motifs is 1. The minimum atomic E-state index is -1.08. The van der Waals surface area contributed by atoms with E-state index in [1.54, 1.807) is 6.20 Å². The Labute approximate surface area is 163 Å². The molecule has 1 heterocycles. The molecule has 0 aliphatic heterocycles. The number of nitrogens with one attached hydrogen (secondary N) is 2. The monoisotopic (exact) mass is 380 g/mol. The molecule has 0 fully saturated rings. The molecule has 0 aliphatic rings. The third-order valence-electron chi connectivity index (χ3n) is 4.65. The summed E-state index contributed by atoms with van der Waals surface area (Å²) in [6.07, 6.45) is 1.97. The molecule has 146 valence electrons. The molecule has 0 radical (unpaired) electrons. The number of carbonyl (C=O) groups excluding carboxylic acids is 1. The fourth-order valence-electron chi connectivity index (χ4n) is 3.05. The van der Waals surface area contributed by atoms with Crippen molar-refractivity contribution in [1.82, 2.24) is 10.3 Å². The molecule has 0 bridgehead atoms. The molecule has 0 saturated carbocycles. The Hall–Kier alpha value is -3.28. The maximum Gasteiger partial charge on any atom is 0.326 e. The summed E-state index contributed by atoms with van der Waals surface area (Å²) in [6.45, 7) is 3.96. The van der Waals surface area contributed by atoms with Crippen LogP contribution in [0.2, 0.25) is 0 Å². The van der Waals surface area contributed by atoms with Gasteiger partial charge in [0, 0.05) is 23.5 Å². The summed E-state index contributed by atoms with van der Waals surface area (Å²) >= 11 is 0. The van der Waals surface area contributed by atoms with Crippen LogP contribution >= 0.6 is 0 Å². The van der Waals surface area contributed by atoms with Crippen molar-refractivity contribution in [3.05, 3.63) is 65.9 Å². The number of benzene rings is 2. The fraction of sp³-hybridized carbons (Fsp3) is 0.273. The summed E-state index contributed by atoms with van der Waals surface area (Å²) in [5.74, 6) is -0.568. The average molecular weight is 380 g/mol. The molecule has 3 aromatic rings. The number of rotatable bonds is 8. The zero-order chi connectivity index (χ0) is 20.1. The van der Waals surface area contributed by atoms with Gasteiger partial charge >= 0.3 is 5.97 Å². The molecule has 1 aromatic heterocycles. The number of aromatic amines is 1. The lowest BCUT2D eigenvalue weighted by Gasteiger charge is -2.15. The number of carboxylic acid groups (broad SMARTS) is 1. The lowest BCUT2D eigenvalue weighted by molar-refractivity contribution is -0.142. The molecule has 1 atom stereocenters. The van der Waals surface area contributed by atoms with Crippen LogP contribution in [0.3, 0.4) is 0 Å². The van der Waals surface area contributed by atoms with Crippen molar-refractivity contribution in [2.45, 2.75) is 32.2 Å². The zero-order valence-corrected chi connectivity index (χ0v) is 15.9. The third kappa shape index (κ3) is 4.71. The topological polar surface area (TPSA) is 91.4 Å². The van der Waals surface area contributed by atoms with Gasteiger partial charge in [0.2, 0.25) is 0 Å². The molecule has 0 unspecified atom stereocenters. The van der Waals surface area contributed by atoms with Crippen molar-refractivity contribution in [2.24, 2.45) is 0 Å². The minimum absolute atomic E-state index is 0.189. The van der Waals surface area contributed by atoms with Gasteiger partial charge in [-0.1, -0.05) is 44.2 Å². The first-order valence-electron chi connectivity index (χ1n) is 9.24. The van der Waals surface area contributed by atoms with E-state index in [1.165, 1.54) is 5.56 Å². The summed E-state index contributed by atoms with van der Waals surface area (Å²) in [7, 11) is 0. The second kappa shape index (κ2) is 8.61. The van der Waals surface area contributed by atoms with Crippen LogP contribution in [-0.2, 0) is 16.0 Å². The zero-order valence-electron chi connectivity index (χ0n) is 15.9. The average Bonchev–Trinajstić information content (AvgIpc) is 3.09. The van der Waals surface area contributed by atoms with Crippen LogP contribution in [0.1, 0.15) is 30.9 Å². The van der Waals surface area contributed by atoms with Crippen LogP contribution < -0.4 is 10.1 Å². The highest BCUT2D eigenvalue weighted by molar-refractivity contribution is 5.87. The van der Waals surface area contributed by atoms with Gasteiger partial charge in [0.1, 0.15) is 11.8 Å². The van der Waals surface area contributed by atoms with E-state index in [-0.39, 0.29) is 13.0 Å². The van der Waals surface area contributed by atoms with Crippen molar-refractivity contribution >= 4 is 22.8 Å². The third-order valence-corrected chi connectivity index (χ3v) is 4.65. The maximum atomic E-state index is 12.2. The summed E-state index contributed by atoms with van der Waals surface area (Å²) < 4.78 is 5.48. The molecule has 0 aliphatic carbocycles. The van der Waals surface area contributed by atoms with Gasteiger partial charge in [-0.15, -0.1) is 0 Å². The van der Waals surface area contributed by atoms with Crippen molar-refractivity contribution in [3.63, 3.8) is 0 Å². The Morgan fingerprint density at radius 3 is 2.50 bits per heavy atom. The summed E-state index contributed by atoms with van der Waals surface area (Å²) in [5.41, 5.74) is 2.95. The van der Waals surface area contributed by atoms with Crippen LogP contribution in [0.4, 0.5) is 0 Å². The lowest BCUT2D eigenvalue weighted by Crippen LogP contribution is -2.44. The van der Waals surface area contributed by atoms with Gasteiger partial charge in [0.25, 0.3) is 5.91 Å². The number of hydrogen-bond donors (Lipinski definition) is 3. The first kappa shape index (κ1) is 19.5. The molecule has 6 nitrogen and oxygen atoms in total. The standard InChI is InChI=1S/C22H24N2O4/c1-14(2)15-7-9-17(10-8-15)28-13-21(25)24-20(22(26)27)11-16-12-23-19-6-4-3-5-18(16)19/h3-10,12,14,20,23H,11,13H2,1-2H3,(H,24,25)(H,26,27)/t20-/m1/s1. The number of H-pyrrole nitrogens is 1. The van der Waals surface area contributed by atoms with E-state index in [0.29, 0.717) is 11.7 Å². The van der Waals surface area contributed by atoms with Crippen LogP contribution in [-0.4, -0.2) is 34.6 Å². The Morgan fingerprint density at radius 1 is 1.11 bits per heavy atom. The molecule has 0 spiro atoms. The smallest absolute Gasteiger partial charge is 0.326 e. The second-order valence-corrected chi connectivity index (χ2v) is 7.03. The maximum absolute atomic E-state index is 12.2. The van der Waals surface area contributed by atoms with E-state index in [4.69, 9.17) is 4.74 Å². The lowest BCUT2D eigenvalue weighted by atomic mass is 10.0. The molecule has 3 N–H and O–H groups in total. The number of hydrogen-bond acceptors (Lipinski definition) is 3. The van der Waals surface area contributed by atoms with Gasteiger partial charge in [-0.3, -0.25) is 4.79 Å². The Balaban J connectivity index is 1.59. The second-order valence-electron chi connectivity index (χ2n) is 7.03. The quantitative estimate of drug-likeness (QED) is 0.558. The molecule has 3 rings (SSSR count). The highest BCUT2D eigenvalue weighted by Crippen LogP contribution is 2.20. The van der Waals surface area contributed by atoms with Crippen LogP contribution in [0.15, 0.2) is 54.7 Å².